The van der Waals surface area contributed by atoms with E-state index in [0.717, 1.165) is 32.3 Å². The Kier molecular flexibility index (Phi) is 3.82. The van der Waals surface area contributed by atoms with Crippen LogP contribution in [0.2, 0.25) is 0 Å². The zero-order valence-corrected chi connectivity index (χ0v) is 9.87. The summed E-state index contributed by atoms with van der Waals surface area (Å²) in [5.41, 5.74) is 0. The van der Waals surface area contributed by atoms with Gasteiger partial charge in [0.1, 0.15) is 0 Å². The minimum atomic E-state index is -0.492. The van der Waals surface area contributed by atoms with E-state index >= 15 is 0 Å². The van der Waals surface area contributed by atoms with Gasteiger partial charge in [0.15, 0.2) is 5.79 Å². The molecule has 0 unspecified atom stereocenters. The number of rotatable bonds is 2. The summed E-state index contributed by atoms with van der Waals surface area (Å²) >= 11 is 0. The van der Waals surface area contributed by atoms with E-state index in [-0.39, 0.29) is 11.9 Å². The molecule has 4 heteroatoms. The van der Waals surface area contributed by atoms with Crippen molar-refractivity contribution in [3.63, 3.8) is 0 Å². The van der Waals surface area contributed by atoms with E-state index in [0.29, 0.717) is 19.6 Å². The van der Waals surface area contributed by atoms with Crippen LogP contribution in [0.3, 0.4) is 0 Å². The summed E-state index contributed by atoms with van der Waals surface area (Å²) in [4.78, 5) is 11.7. The van der Waals surface area contributed by atoms with Crippen molar-refractivity contribution in [1.82, 2.24) is 0 Å². The van der Waals surface area contributed by atoms with Crippen LogP contribution in [0.15, 0.2) is 0 Å². The summed E-state index contributed by atoms with van der Waals surface area (Å²) in [6.45, 7) is 3.63. The Morgan fingerprint density at radius 2 is 2.19 bits per heavy atom. The molecule has 92 valence electrons. The number of carbonyl (C=O) groups excluding carboxylic acids is 1. The molecule has 0 aromatic rings. The lowest BCUT2D eigenvalue weighted by Gasteiger charge is -2.42. The van der Waals surface area contributed by atoms with Gasteiger partial charge in [0.2, 0.25) is 0 Å². The van der Waals surface area contributed by atoms with Crippen LogP contribution in [0.1, 0.15) is 39.0 Å². The lowest BCUT2D eigenvalue weighted by atomic mass is 9.89. The Labute approximate surface area is 96.2 Å². The van der Waals surface area contributed by atoms with Crippen molar-refractivity contribution in [2.24, 2.45) is 5.92 Å². The van der Waals surface area contributed by atoms with Crippen molar-refractivity contribution in [2.75, 3.05) is 19.8 Å². The molecule has 2 aliphatic heterocycles. The van der Waals surface area contributed by atoms with Gasteiger partial charge in [-0.3, -0.25) is 4.79 Å². The maximum atomic E-state index is 11.7. The first-order valence-corrected chi connectivity index (χ1v) is 6.20. The zero-order chi connectivity index (χ0) is 11.4. The minimum absolute atomic E-state index is 0.0493. The summed E-state index contributed by atoms with van der Waals surface area (Å²) in [5.74, 6) is -0.639. The molecule has 4 nitrogen and oxygen atoms in total. The summed E-state index contributed by atoms with van der Waals surface area (Å²) in [6.07, 6.45) is 4.53. The maximum absolute atomic E-state index is 11.7. The third kappa shape index (κ3) is 2.55. The SMILES string of the molecule is CCOC(=O)[C@H]1CCO[C@]2(CCCCO2)C1. The number of hydrogen-bond acceptors (Lipinski definition) is 4. The third-order valence-corrected chi connectivity index (χ3v) is 3.33. The Bertz CT molecular complexity index is 240. The van der Waals surface area contributed by atoms with E-state index in [2.05, 4.69) is 0 Å². The van der Waals surface area contributed by atoms with Gasteiger partial charge in [0.05, 0.1) is 25.7 Å². The highest BCUT2D eigenvalue weighted by Gasteiger charge is 2.42. The minimum Gasteiger partial charge on any atom is -0.466 e. The van der Waals surface area contributed by atoms with Crippen molar-refractivity contribution in [3.05, 3.63) is 0 Å². The lowest BCUT2D eigenvalue weighted by Crippen LogP contribution is -2.46. The molecule has 0 amide bonds. The molecule has 2 atom stereocenters. The first-order chi connectivity index (χ1) is 7.76. The average molecular weight is 228 g/mol. The Morgan fingerprint density at radius 1 is 1.38 bits per heavy atom. The quantitative estimate of drug-likeness (QED) is 0.677. The van der Waals surface area contributed by atoms with Gasteiger partial charge in [-0.25, -0.2) is 0 Å². The Hall–Kier alpha value is -0.610. The van der Waals surface area contributed by atoms with Crippen molar-refractivity contribution in [1.29, 1.82) is 0 Å². The summed E-state index contributed by atoms with van der Waals surface area (Å²) in [6, 6.07) is 0. The fourth-order valence-corrected chi connectivity index (χ4v) is 2.49. The van der Waals surface area contributed by atoms with Crippen LogP contribution in [-0.2, 0) is 19.0 Å². The molecule has 0 aliphatic carbocycles. The highest BCUT2D eigenvalue weighted by molar-refractivity contribution is 5.72. The number of esters is 1. The van der Waals surface area contributed by atoms with Crippen LogP contribution in [0.4, 0.5) is 0 Å². The van der Waals surface area contributed by atoms with Crippen LogP contribution < -0.4 is 0 Å². The Balaban J connectivity index is 1.94. The van der Waals surface area contributed by atoms with E-state index < -0.39 is 5.79 Å². The lowest BCUT2D eigenvalue weighted by molar-refractivity contribution is -0.281. The second-order valence-electron chi connectivity index (χ2n) is 4.51. The van der Waals surface area contributed by atoms with Gasteiger partial charge in [-0.2, -0.15) is 0 Å². The van der Waals surface area contributed by atoms with Crippen molar-refractivity contribution >= 4 is 5.97 Å². The van der Waals surface area contributed by atoms with E-state index in [9.17, 15) is 4.79 Å². The van der Waals surface area contributed by atoms with Crippen LogP contribution in [0.5, 0.6) is 0 Å². The zero-order valence-electron chi connectivity index (χ0n) is 9.87. The monoisotopic (exact) mass is 228 g/mol. The van der Waals surface area contributed by atoms with E-state index in [1.165, 1.54) is 0 Å². The number of carbonyl (C=O) groups is 1. The van der Waals surface area contributed by atoms with E-state index in [1.807, 2.05) is 6.92 Å². The fourth-order valence-electron chi connectivity index (χ4n) is 2.49. The molecule has 0 aromatic carbocycles. The topological polar surface area (TPSA) is 44.8 Å². The largest absolute Gasteiger partial charge is 0.466 e. The van der Waals surface area contributed by atoms with Crippen LogP contribution >= 0.6 is 0 Å². The van der Waals surface area contributed by atoms with Gasteiger partial charge in [-0.1, -0.05) is 0 Å². The summed E-state index contributed by atoms with van der Waals surface area (Å²) in [5, 5.41) is 0. The molecule has 2 fully saturated rings. The molecule has 1 spiro atoms. The average Bonchev–Trinajstić information content (AvgIpc) is 2.30. The van der Waals surface area contributed by atoms with E-state index in [4.69, 9.17) is 14.2 Å². The summed E-state index contributed by atoms with van der Waals surface area (Å²) in [7, 11) is 0. The molecule has 16 heavy (non-hydrogen) atoms. The maximum Gasteiger partial charge on any atom is 0.309 e. The van der Waals surface area contributed by atoms with Gasteiger partial charge < -0.3 is 14.2 Å². The van der Waals surface area contributed by atoms with Crippen LogP contribution in [0, 0.1) is 5.92 Å². The molecular weight excluding hydrogens is 208 g/mol. The standard InChI is InChI=1S/C12H20O4/c1-2-14-11(13)10-5-8-16-12(9-10)6-3-4-7-15-12/h10H,2-9H2,1H3/t10-,12+/m0/s1. The molecule has 0 radical (unpaired) electrons. The summed E-state index contributed by atoms with van der Waals surface area (Å²) < 4.78 is 16.5. The normalized spacial score (nSPS) is 34.9. The van der Waals surface area contributed by atoms with Crippen LogP contribution in [0.25, 0.3) is 0 Å². The smallest absolute Gasteiger partial charge is 0.309 e. The third-order valence-electron chi connectivity index (χ3n) is 3.33. The highest BCUT2D eigenvalue weighted by Crippen LogP contribution is 2.37. The first-order valence-electron chi connectivity index (χ1n) is 6.20. The van der Waals surface area contributed by atoms with Gasteiger partial charge in [0.25, 0.3) is 0 Å². The van der Waals surface area contributed by atoms with Crippen molar-refractivity contribution in [2.45, 2.75) is 44.8 Å². The number of hydrogen-bond donors (Lipinski definition) is 0. The Morgan fingerprint density at radius 3 is 2.88 bits per heavy atom. The highest BCUT2D eigenvalue weighted by atomic mass is 16.7. The predicted octanol–water partition coefficient (Wildman–Crippen LogP) is 1.87. The molecule has 2 saturated heterocycles. The van der Waals surface area contributed by atoms with Gasteiger partial charge in [0, 0.05) is 12.8 Å². The molecule has 0 saturated carbocycles. The molecule has 2 heterocycles. The molecule has 0 aromatic heterocycles. The van der Waals surface area contributed by atoms with Crippen molar-refractivity contribution < 1.29 is 19.0 Å². The molecule has 2 rings (SSSR count). The van der Waals surface area contributed by atoms with Crippen molar-refractivity contribution in [3.8, 4) is 0 Å². The predicted molar refractivity (Wildman–Crippen MR) is 57.8 cm³/mol. The molecule has 2 aliphatic rings. The number of ether oxygens (including phenoxy) is 3. The van der Waals surface area contributed by atoms with E-state index in [1.54, 1.807) is 0 Å². The first kappa shape index (κ1) is 11.9. The van der Waals surface area contributed by atoms with Gasteiger partial charge in [-0.05, 0) is 26.2 Å². The van der Waals surface area contributed by atoms with Crippen LogP contribution in [-0.4, -0.2) is 31.6 Å². The molecular formula is C12H20O4. The molecule has 0 N–H and O–H groups in total. The van der Waals surface area contributed by atoms with Gasteiger partial charge >= 0.3 is 5.97 Å². The second-order valence-corrected chi connectivity index (χ2v) is 4.51. The fraction of sp³-hybridized carbons (Fsp3) is 0.917. The van der Waals surface area contributed by atoms with Gasteiger partial charge in [-0.15, -0.1) is 0 Å². The molecule has 0 bridgehead atoms. The second kappa shape index (κ2) is 5.15.